The molecular weight excluding hydrogens is 256 g/mol. The van der Waals surface area contributed by atoms with E-state index in [1.807, 2.05) is 0 Å². The van der Waals surface area contributed by atoms with Gasteiger partial charge in [-0.2, -0.15) is 0 Å². The Morgan fingerprint density at radius 1 is 1.32 bits per heavy atom. The molecule has 0 atom stereocenters. The van der Waals surface area contributed by atoms with Crippen LogP contribution in [-0.4, -0.2) is 31.6 Å². The molecule has 2 N–H and O–H groups in total. The highest BCUT2D eigenvalue weighted by atomic mass is 35.5. The summed E-state index contributed by atoms with van der Waals surface area (Å²) in [4.78, 5) is 2.33. The van der Waals surface area contributed by atoms with Gasteiger partial charge in [-0.1, -0.05) is 36.6 Å². The predicted octanol–water partition coefficient (Wildman–Crippen LogP) is 3.14. The maximum atomic E-state index is 6.52. The Kier molecular flexibility index (Phi) is 3.59. The average molecular weight is 279 g/mol. The van der Waals surface area contributed by atoms with Crippen LogP contribution in [0.2, 0.25) is 5.02 Å². The van der Waals surface area contributed by atoms with E-state index in [9.17, 15) is 0 Å². The van der Waals surface area contributed by atoms with Gasteiger partial charge in [0.25, 0.3) is 0 Å². The summed E-state index contributed by atoms with van der Waals surface area (Å²) in [6, 6.07) is 6.70. The van der Waals surface area contributed by atoms with E-state index in [0.717, 1.165) is 24.7 Å². The third-order valence-electron chi connectivity index (χ3n) is 5.07. The van der Waals surface area contributed by atoms with Crippen molar-refractivity contribution in [3.8, 4) is 0 Å². The van der Waals surface area contributed by atoms with E-state index in [-0.39, 0.29) is 5.41 Å². The van der Waals surface area contributed by atoms with Crippen LogP contribution < -0.4 is 5.73 Å². The maximum absolute atomic E-state index is 6.52. The van der Waals surface area contributed by atoms with Gasteiger partial charge in [-0.05, 0) is 37.1 Å². The fraction of sp³-hybridized carbons (Fsp3) is 0.625. The Balaban J connectivity index is 1.86. The Bertz CT molecular complexity index is 460. The second-order valence-corrected chi connectivity index (χ2v) is 6.75. The van der Waals surface area contributed by atoms with E-state index < -0.39 is 0 Å². The zero-order valence-corrected chi connectivity index (χ0v) is 12.4. The molecule has 1 aromatic rings. The summed E-state index contributed by atoms with van der Waals surface area (Å²) in [6.45, 7) is 3.00. The molecule has 104 valence electrons. The van der Waals surface area contributed by atoms with Crippen LogP contribution in [0.3, 0.4) is 0 Å². The number of benzene rings is 1. The van der Waals surface area contributed by atoms with Crippen LogP contribution in [-0.2, 0) is 5.41 Å². The van der Waals surface area contributed by atoms with E-state index in [2.05, 4.69) is 30.1 Å². The number of halogens is 1. The molecule has 19 heavy (non-hydrogen) atoms. The first kappa shape index (κ1) is 13.4. The van der Waals surface area contributed by atoms with E-state index in [0.29, 0.717) is 5.92 Å². The standard InChI is InChI=1S/C16H23ClN2/c1-19-9-12(10-19)14-5-4-13(8-15(14)17)16(11-18)6-2-3-7-16/h4-5,8,12H,2-3,6-7,9-11,18H2,1H3. The van der Waals surface area contributed by atoms with E-state index in [4.69, 9.17) is 17.3 Å². The second-order valence-electron chi connectivity index (χ2n) is 6.35. The summed E-state index contributed by atoms with van der Waals surface area (Å²) in [6.07, 6.45) is 5.02. The minimum atomic E-state index is 0.193. The van der Waals surface area contributed by atoms with E-state index >= 15 is 0 Å². The lowest BCUT2D eigenvalue weighted by atomic mass is 9.78. The van der Waals surface area contributed by atoms with Crippen LogP contribution in [0.4, 0.5) is 0 Å². The molecular formula is C16H23ClN2. The van der Waals surface area contributed by atoms with Crippen LogP contribution in [0.15, 0.2) is 18.2 Å². The number of rotatable bonds is 3. The quantitative estimate of drug-likeness (QED) is 0.920. The lowest BCUT2D eigenvalue weighted by molar-refractivity contribution is 0.190. The molecule has 2 nitrogen and oxygen atoms in total. The van der Waals surface area contributed by atoms with Gasteiger partial charge < -0.3 is 10.6 Å². The molecule has 1 saturated carbocycles. The number of hydrogen-bond donors (Lipinski definition) is 1. The second kappa shape index (κ2) is 5.08. The first-order valence-corrected chi connectivity index (χ1v) is 7.71. The van der Waals surface area contributed by atoms with Crippen molar-refractivity contribution < 1.29 is 0 Å². The topological polar surface area (TPSA) is 29.3 Å². The van der Waals surface area contributed by atoms with Crippen LogP contribution >= 0.6 is 11.6 Å². The number of likely N-dealkylation sites (tertiary alicyclic amines) is 1. The summed E-state index contributed by atoms with van der Waals surface area (Å²) < 4.78 is 0. The minimum absolute atomic E-state index is 0.193. The van der Waals surface area contributed by atoms with Gasteiger partial charge in [0.05, 0.1) is 0 Å². The largest absolute Gasteiger partial charge is 0.330 e. The highest BCUT2D eigenvalue weighted by Crippen LogP contribution is 2.42. The Labute approximate surface area is 120 Å². The van der Waals surface area contributed by atoms with Crippen molar-refractivity contribution in [2.75, 3.05) is 26.7 Å². The molecule has 0 amide bonds. The van der Waals surface area contributed by atoms with E-state index in [1.54, 1.807) is 0 Å². The summed E-state index contributed by atoms with van der Waals surface area (Å²) >= 11 is 6.52. The Morgan fingerprint density at radius 2 is 2.00 bits per heavy atom. The van der Waals surface area contributed by atoms with Crippen molar-refractivity contribution in [1.82, 2.24) is 4.90 Å². The molecule has 2 aliphatic rings. The van der Waals surface area contributed by atoms with Crippen LogP contribution in [0.1, 0.15) is 42.7 Å². The molecule has 0 aromatic heterocycles. The van der Waals surface area contributed by atoms with Crippen molar-refractivity contribution in [1.29, 1.82) is 0 Å². The SMILES string of the molecule is CN1CC(c2ccc(C3(CN)CCCC3)cc2Cl)C1. The maximum Gasteiger partial charge on any atom is 0.0444 e. The summed E-state index contributed by atoms with van der Waals surface area (Å²) in [5, 5.41) is 0.940. The van der Waals surface area contributed by atoms with Gasteiger partial charge >= 0.3 is 0 Å². The zero-order chi connectivity index (χ0) is 13.5. The zero-order valence-electron chi connectivity index (χ0n) is 11.7. The number of hydrogen-bond acceptors (Lipinski definition) is 2. The van der Waals surface area contributed by atoms with Crippen LogP contribution in [0.25, 0.3) is 0 Å². The normalized spacial score (nSPS) is 23.5. The first-order chi connectivity index (χ1) is 9.14. The van der Waals surface area contributed by atoms with Gasteiger partial charge in [-0.25, -0.2) is 0 Å². The fourth-order valence-electron chi connectivity index (χ4n) is 3.75. The molecule has 1 saturated heterocycles. The third kappa shape index (κ3) is 2.31. The fourth-order valence-corrected chi connectivity index (χ4v) is 4.08. The average Bonchev–Trinajstić information content (AvgIpc) is 2.85. The number of nitrogens with two attached hydrogens (primary N) is 1. The van der Waals surface area contributed by atoms with Crippen molar-refractivity contribution in [3.63, 3.8) is 0 Å². The minimum Gasteiger partial charge on any atom is -0.330 e. The lowest BCUT2D eigenvalue weighted by Crippen LogP contribution is -2.41. The lowest BCUT2D eigenvalue weighted by Gasteiger charge is -2.37. The van der Waals surface area contributed by atoms with Crippen molar-refractivity contribution in [2.24, 2.45) is 5.73 Å². The van der Waals surface area contributed by atoms with Gasteiger partial charge in [0.15, 0.2) is 0 Å². The van der Waals surface area contributed by atoms with Gasteiger partial charge in [-0.15, -0.1) is 0 Å². The number of nitrogens with zero attached hydrogens (tertiary/aromatic N) is 1. The van der Waals surface area contributed by atoms with Crippen molar-refractivity contribution >= 4 is 11.6 Å². The summed E-state index contributed by atoms with van der Waals surface area (Å²) in [7, 11) is 2.15. The molecule has 0 bridgehead atoms. The molecule has 1 heterocycles. The molecule has 0 spiro atoms. The highest BCUT2D eigenvalue weighted by molar-refractivity contribution is 6.31. The molecule has 1 aromatic carbocycles. The molecule has 3 rings (SSSR count). The smallest absolute Gasteiger partial charge is 0.0444 e. The predicted molar refractivity (Wildman–Crippen MR) is 80.9 cm³/mol. The highest BCUT2D eigenvalue weighted by Gasteiger charge is 2.35. The Hall–Kier alpha value is -0.570. The van der Waals surface area contributed by atoms with Crippen molar-refractivity contribution in [3.05, 3.63) is 34.3 Å². The van der Waals surface area contributed by atoms with Gasteiger partial charge in [0, 0.05) is 36.0 Å². The number of likely N-dealkylation sites (N-methyl/N-ethyl adjacent to an activating group) is 1. The van der Waals surface area contributed by atoms with Crippen molar-refractivity contribution in [2.45, 2.75) is 37.0 Å². The first-order valence-electron chi connectivity index (χ1n) is 7.33. The monoisotopic (exact) mass is 278 g/mol. The van der Waals surface area contributed by atoms with Gasteiger partial charge in [-0.3, -0.25) is 0 Å². The summed E-state index contributed by atoms with van der Waals surface area (Å²) in [5.41, 5.74) is 8.92. The Morgan fingerprint density at radius 3 is 2.53 bits per heavy atom. The molecule has 0 unspecified atom stereocenters. The molecule has 3 heteroatoms. The van der Waals surface area contributed by atoms with Gasteiger partial charge in [0.1, 0.15) is 0 Å². The molecule has 1 aliphatic carbocycles. The molecule has 0 radical (unpaired) electrons. The van der Waals surface area contributed by atoms with E-state index in [1.165, 1.54) is 36.8 Å². The summed E-state index contributed by atoms with van der Waals surface area (Å²) in [5.74, 6) is 0.615. The molecule has 1 aliphatic heterocycles. The molecule has 2 fully saturated rings. The van der Waals surface area contributed by atoms with Crippen LogP contribution in [0.5, 0.6) is 0 Å². The van der Waals surface area contributed by atoms with Crippen LogP contribution in [0, 0.1) is 0 Å². The third-order valence-corrected chi connectivity index (χ3v) is 5.40. The van der Waals surface area contributed by atoms with Gasteiger partial charge in [0.2, 0.25) is 0 Å².